The van der Waals surface area contributed by atoms with Crippen LogP contribution < -0.4 is 9.64 Å². The maximum Gasteiger partial charge on any atom is 0.294 e. The quantitative estimate of drug-likeness (QED) is 0.880. The number of ether oxygens (including phenoxy) is 1. The summed E-state index contributed by atoms with van der Waals surface area (Å²) in [5.74, 6) is -0.568. The molecule has 0 fully saturated rings. The van der Waals surface area contributed by atoms with Gasteiger partial charge in [0, 0.05) is 17.0 Å². The van der Waals surface area contributed by atoms with Gasteiger partial charge in [-0.1, -0.05) is 6.92 Å². The predicted octanol–water partition coefficient (Wildman–Crippen LogP) is 3.94. The molecule has 0 radical (unpaired) electrons. The number of Topliss-reactive ketones (excluding diaryl/α,β-unsaturated/α-hetero) is 1. The number of carbonyl (C=O) groups excluding carboxylic acids is 2. The number of carbonyl (C=O) groups is 2. The molecule has 1 atom stereocenters. The van der Waals surface area contributed by atoms with Crippen LogP contribution in [0.2, 0.25) is 0 Å². The van der Waals surface area contributed by atoms with Gasteiger partial charge < -0.3 is 9.84 Å². The summed E-state index contributed by atoms with van der Waals surface area (Å²) in [6.45, 7) is 3.66. The van der Waals surface area contributed by atoms with Gasteiger partial charge in [-0.25, -0.2) is 0 Å². The normalized spacial score (nSPS) is 17.3. The van der Waals surface area contributed by atoms with Gasteiger partial charge in [0.05, 0.1) is 12.7 Å². The van der Waals surface area contributed by atoms with Gasteiger partial charge in [0.15, 0.2) is 11.5 Å². The number of hydrogen-bond acceptors (Lipinski definition) is 5. The maximum atomic E-state index is 12.7. The highest BCUT2D eigenvalue weighted by atomic mass is 32.1. The molecule has 25 heavy (non-hydrogen) atoms. The van der Waals surface area contributed by atoms with Crippen LogP contribution in [0.1, 0.15) is 29.8 Å². The molecule has 1 aliphatic rings. The number of aryl methyl sites for hydroxylation is 1. The number of aliphatic hydroxyl groups is 1. The van der Waals surface area contributed by atoms with Gasteiger partial charge in [0.25, 0.3) is 5.91 Å². The second-order valence-electron chi connectivity index (χ2n) is 5.78. The fourth-order valence-electron chi connectivity index (χ4n) is 3.00. The molecule has 5 nitrogen and oxygen atoms in total. The maximum absolute atomic E-state index is 12.7. The summed E-state index contributed by atoms with van der Waals surface area (Å²) >= 11 is 1.47. The van der Waals surface area contributed by atoms with E-state index in [1.165, 1.54) is 16.2 Å². The van der Waals surface area contributed by atoms with E-state index in [1.807, 2.05) is 18.4 Å². The van der Waals surface area contributed by atoms with Crippen LogP contribution in [0.4, 0.5) is 5.69 Å². The Morgan fingerprint density at radius 3 is 2.48 bits per heavy atom. The van der Waals surface area contributed by atoms with Crippen LogP contribution in [-0.4, -0.2) is 23.9 Å². The molecule has 2 heterocycles. The third-order valence-electron chi connectivity index (χ3n) is 4.33. The van der Waals surface area contributed by atoms with Gasteiger partial charge in [0.2, 0.25) is 0 Å². The molecule has 1 aromatic carbocycles. The molecule has 3 rings (SSSR count). The average molecular weight is 357 g/mol. The van der Waals surface area contributed by atoms with Crippen LogP contribution in [0, 0.1) is 6.92 Å². The van der Waals surface area contributed by atoms with Crippen molar-refractivity contribution >= 4 is 28.7 Å². The number of hydrogen-bond donors (Lipinski definition) is 1. The van der Waals surface area contributed by atoms with E-state index in [2.05, 4.69) is 0 Å². The van der Waals surface area contributed by atoms with E-state index in [9.17, 15) is 14.7 Å². The average Bonchev–Trinajstić information content (AvgIpc) is 3.16. The van der Waals surface area contributed by atoms with Crippen molar-refractivity contribution in [1.82, 2.24) is 0 Å². The van der Waals surface area contributed by atoms with Crippen LogP contribution in [-0.2, 0) is 9.59 Å². The van der Waals surface area contributed by atoms with Crippen LogP contribution >= 0.6 is 11.3 Å². The largest absolute Gasteiger partial charge is 0.503 e. The Kier molecular flexibility index (Phi) is 4.63. The zero-order valence-corrected chi connectivity index (χ0v) is 15.1. The van der Waals surface area contributed by atoms with Gasteiger partial charge in [-0.05, 0) is 48.2 Å². The molecule has 1 aliphatic heterocycles. The van der Waals surface area contributed by atoms with Crippen molar-refractivity contribution in [2.45, 2.75) is 26.3 Å². The van der Waals surface area contributed by atoms with Crippen molar-refractivity contribution in [2.24, 2.45) is 0 Å². The summed E-state index contributed by atoms with van der Waals surface area (Å²) in [6.07, 6.45) is 0.226. The smallest absolute Gasteiger partial charge is 0.294 e. The number of methoxy groups -OCH3 is 1. The molecular weight excluding hydrogens is 338 g/mol. The molecule has 1 aromatic heterocycles. The first-order valence-corrected chi connectivity index (χ1v) is 8.85. The highest BCUT2D eigenvalue weighted by Crippen LogP contribution is 2.44. The van der Waals surface area contributed by atoms with Crippen molar-refractivity contribution in [3.05, 3.63) is 57.5 Å². The number of ketones is 1. The predicted molar refractivity (Wildman–Crippen MR) is 97.2 cm³/mol. The fraction of sp³-hybridized carbons (Fsp3) is 0.263. The molecule has 6 heteroatoms. The number of rotatable bonds is 5. The van der Waals surface area contributed by atoms with E-state index >= 15 is 0 Å². The molecule has 0 bridgehead atoms. The number of amides is 1. The Balaban J connectivity index is 2.15. The van der Waals surface area contributed by atoms with Crippen LogP contribution in [0.5, 0.6) is 5.75 Å². The fourth-order valence-corrected chi connectivity index (χ4v) is 4.03. The summed E-state index contributed by atoms with van der Waals surface area (Å²) in [7, 11) is 1.57. The zero-order valence-electron chi connectivity index (χ0n) is 14.3. The second kappa shape index (κ2) is 6.72. The highest BCUT2D eigenvalue weighted by Gasteiger charge is 2.44. The summed E-state index contributed by atoms with van der Waals surface area (Å²) in [5, 5.41) is 12.3. The summed E-state index contributed by atoms with van der Waals surface area (Å²) in [4.78, 5) is 27.6. The van der Waals surface area contributed by atoms with Gasteiger partial charge >= 0.3 is 0 Å². The minimum atomic E-state index is -0.603. The highest BCUT2D eigenvalue weighted by molar-refractivity contribution is 7.10. The number of benzene rings is 1. The van der Waals surface area contributed by atoms with E-state index in [0.717, 1.165) is 10.4 Å². The molecule has 0 saturated heterocycles. The Morgan fingerprint density at radius 1 is 1.28 bits per heavy atom. The van der Waals surface area contributed by atoms with Gasteiger partial charge in [0.1, 0.15) is 11.8 Å². The summed E-state index contributed by atoms with van der Waals surface area (Å²) < 4.78 is 5.16. The number of thiophene rings is 1. The Hall–Kier alpha value is -2.60. The molecule has 1 amide bonds. The van der Waals surface area contributed by atoms with Crippen LogP contribution in [0.25, 0.3) is 0 Å². The molecule has 0 spiro atoms. The lowest BCUT2D eigenvalue weighted by atomic mass is 9.98. The lowest BCUT2D eigenvalue weighted by Crippen LogP contribution is -2.30. The topological polar surface area (TPSA) is 66.8 Å². The Bertz CT molecular complexity index is 851. The Labute approximate surface area is 150 Å². The second-order valence-corrected chi connectivity index (χ2v) is 6.73. The molecule has 0 saturated carbocycles. The first-order chi connectivity index (χ1) is 12.0. The van der Waals surface area contributed by atoms with Gasteiger partial charge in [-0.3, -0.25) is 14.5 Å². The SMILES string of the molecule is CCC(=O)C1=C(O)C(=O)N(c2ccc(OC)cc2)C1c1sccc1C. The minimum absolute atomic E-state index is 0.175. The molecule has 1 unspecified atom stereocenters. The minimum Gasteiger partial charge on any atom is -0.503 e. The number of anilines is 1. The van der Waals surface area contributed by atoms with Crippen molar-refractivity contribution in [2.75, 3.05) is 12.0 Å². The van der Waals surface area contributed by atoms with E-state index in [-0.39, 0.29) is 17.8 Å². The van der Waals surface area contributed by atoms with Crippen molar-refractivity contribution < 1.29 is 19.4 Å². The lowest BCUT2D eigenvalue weighted by molar-refractivity contribution is -0.118. The Morgan fingerprint density at radius 2 is 1.96 bits per heavy atom. The molecule has 2 aromatic rings. The monoisotopic (exact) mass is 357 g/mol. The first kappa shape index (κ1) is 17.2. The summed E-state index contributed by atoms with van der Waals surface area (Å²) in [5.41, 5.74) is 1.76. The lowest BCUT2D eigenvalue weighted by Gasteiger charge is -2.26. The van der Waals surface area contributed by atoms with Crippen molar-refractivity contribution in [3.8, 4) is 5.75 Å². The molecule has 1 N–H and O–H groups in total. The molecule has 130 valence electrons. The molecular formula is C19H19NO4S. The van der Waals surface area contributed by atoms with Gasteiger partial charge in [-0.2, -0.15) is 0 Å². The first-order valence-electron chi connectivity index (χ1n) is 7.97. The third-order valence-corrected chi connectivity index (χ3v) is 5.40. The summed E-state index contributed by atoms with van der Waals surface area (Å²) in [6, 6.07) is 8.34. The van der Waals surface area contributed by atoms with Crippen molar-refractivity contribution in [1.29, 1.82) is 0 Å². The van der Waals surface area contributed by atoms with Crippen LogP contribution in [0.15, 0.2) is 47.0 Å². The van der Waals surface area contributed by atoms with E-state index in [4.69, 9.17) is 4.74 Å². The van der Waals surface area contributed by atoms with Crippen LogP contribution in [0.3, 0.4) is 0 Å². The van der Waals surface area contributed by atoms with Gasteiger partial charge in [-0.15, -0.1) is 11.3 Å². The third kappa shape index (κ3) is 2.82. The number of nitrogens with zero attached hydrogens (tertiary/aromatic N) is 1. The molecule has 0 aliphatic carbocycles. The van der Waals surface area contributed by atoms with Crippen molar-refractivity contribution in [3.63, 3.8) is 0 Å². The van der Waals surface area contributed by atoms with E-state index in [0.29, 0.717) is 11.4 Å². The number of aliphatic hydroxyl groups excluding tert-OH is 1. The van der Waals surface area contributed by atoms with E-state index < -0.39 is 17.7 Å². The van der Waals surface area contributed by atoms with E-state index in [1.54, 1.807) is 38.3 Å². The zero-order chi connectivity index (χ0) is 18.1. The standard InChI is InChI=1S/C19H19NO4S/c1-4-14(21)15-16(18-11(2)9-10-25-18)20(19(23)17(15)22)12-5-7-13(24-3)8-6-12/h5-10,16,22H,4H2,1-3H3.